The van der Waals surface area contributed by atoms with Crippen LogP contribution in [-0.2, 0) is 0 Å². The van der Waals surface area contributed by atoms with Crippen molar-refractivity contribution in [2.24, 2.45) is 0 Å². The molecule has 0 aliphatic heterocycles. The minimum atomic E-state index is -0.157. The topological polar surface area (TPSA) is 44.4 Å². The highest BCUT2D eigenvalue weighted by molar-refractivity contribution is 6.01. The Labute approximate surface area is 125 Å². The highest BCUT2D eigenvalue weighted by Gasteiger charge is 2.11. The van der Waals surface area contributed by atoms with Gasteiger partial charge in [-0.2, -0.15) is 0 Å². The largest absolute Gasteiger partial charge is 0.326 e. The molecule has 2 aromatic rings. The summed E-state index contributed by atoms with van der Waals surface area (Å²) < 4.78 is 0. The van der Waals surface area contributed by atoms with Crippen LogP contribution >= 0.6 is 0 Å². The molecular weight excluding hydrogens is 262 g/mol. The smallest absolute Gasteiger partial charge is 0.313 e. The fraction of sp³-hybridized carbons (Fsp3) is 0.235. The third kappa shape index (κ3) is 3.83. The summed E-state index contributed by atoms with van der Waals surface area (Å²) in [4.78, 5) is 13.9. The summed E-state index contributed by atoms with van der Waals surface area (Å²) in [6.07, 6.45) is 0. The lowest BCUT2D eigenvalue weighted by Gasteiger charge is -2.19. The lowest BCUT2D eigenvalue weighted by molar-refractivity contribution is 0.258. The number of carbonyl (C=O) groups is 1. The maximum Gasteiger partial charge on any atom is 0.326 e. The van der Waals surface area contributed by atoms with Crippen LogP contribution in [0.1, 0.15) is 18.5 Å². The van der Waals surface area contributed by atoms with E-state index in [-0.39, 0.29) is 12.1 Å². The quantitative estimate of drug-likeness (QED) is 0.900. The molecule has 0 heterocycles. The summed E-state index contributed by atoms with van der Waals surface area (Å²) in [5, 5.41) is 6.11. The van der Waals surface area contributed by atoms with E-state index in [0.717, 1.165) is 16.9 Å². The van der Waals surface area contributed by atoms with E-state index in [1.165, 1.54) is 0 Å². The van der Waals surface area contributed by atoms with Crippen LogP contribution in [-0.4, -0.2) is 20.1 Å². The van der Waals surface area contributed by atoms with E-state index in [0.29, 0.717) is 0 Å². The van der Waals surface area contributed by atoms with Gasteiger partial charge in [0.2, 0.25) is 0 Å². The molecule has 0 saturated carbocycles. The van der Waals surface area contributed by atoms with Gasteiger partial charge in [0.1, 0.15) is 0 Å². The van der Waals surface area contributed by atoms with Crippen molar-refractivity contribution in [3.63, 3.8) is 0 Å². The molecule has 0 bridgehead atoms. The molecule has 4 heteroatoms. The second-order valence-electron chi connectivity index (χ2n) is 4.96. The second-order valence-corrected chi connectivity index (χ2v) is 4.96. The van der Waals surface area contributed by atoms with Crippen molar-refractivity contribution >= 4 is 17.4 Å². The summed E-state index contributed by atoms with van der Waals surface area (Å²) >= 11 is 0. The Morgan fingerprint density at radius 2 is 1.81 bits per heavy atom. The summed E-state index contributed by atoms with van der Waals surface area (Å²) in [6.45, 7) is 2.08. The first kappa shape index (κ1) is 15.1. The van der Waals surface area contributed by atoms with E-state index in [1.807, 2.05) is 61.6 Å². The maximum absolute atomic E-state index is 12.3. The van der Waals surface area contributed by atoms with Crippen molar-refractivity contribution in [2.45, 2.75) is 13.0 Å². The van der Waals surface area contributed by atoms with Crippen LogP contribution in [0.3, 0.4) is 0 Å². The molecule has 1 atom stereocenters. The van der Waals surface area contributed by atoms with Gasteiger partial charge in [-0.25, -0.2) is 4.79 Å². The predicted molar refractivity (Wildman–Crippen MR) is 87.8 cm³/mol. The number of hydrogen-bond donors (Lipinski definition) is 2. The zero-order valence-electron chi connectivity index (χ0n) is 12.6. The van der Waals surface area contributed by atoms with Crippen molar-refractivity contribution in [1.29, 1.82) is 0 Å². The van der Waals surface area contributed by atoms with Gasteiger partial charge in [-0.3, -0.25) is 4.90 Å². The van der Waals surface area contributed by atoms with Crippen LogP contribution in [0.2, 0.25) is 0 Å². The van der Waals surface area contributed by atoms with Crippen LogP contribution in [0.5, 0.6) is 0 Å². The van der Waals surface area contributed by atoms with Gasteiger partial charge in [0.15, 0.2) is 0 Å². The first-order valence-corrected chi connectivity index (χ1v) is 6.99. The Kier molecular flexibility index (Phi) is 4.95. The van der Waals surface area contributed by atoms with Crippen LogP contribution < -0.4 is 15.5 Å². The van der Waals surface area contributed by atoms with Gasteiger partial charge in [-0.1, -0.05) is 30.3 Å². The lowest BCUT2D eigenvalue weighted by Crippen LogP contribution is -2.31. The molecule has 0 aliphatic carbocycles. The fourth-order valence-corrected chi connectivity index (χ4v) is 2.03. The Morgan fingerprint density at radius 1 is 1.10 bits per heavy atom. The van der Waals surface area contributed by atoms with Crippen molar-refractivity contribution in [3.05, 3.63) is 60.2 Å². The van der Waals surface area contributed by atoms with E-state index >= 15 is 0 Å². The van der Waals surface area contributed by atoms with Gasteiger partial charge < -0.3 is 10.6 Å². The number of nitrogens with zero attached hydrogens (tertiary/aromatic N) is 1. The minimum absolute atomic E-state index is 0.157. The average Bonchev–Trinajstić information content (AvgIpc) is 2.54. The van der Waals surface area contributed by atoms with Crippen molar-refractivity contribution in [1.82, 2.24) is 5.32 Å². The highest BCUT2D eigenvalue weighted by atomic mass is 16.2. The molecule has 0 aromatic heterocycles. The van der Waals surface area contributed by atoms with E-state index in [2.05, 4.69) is 17.6 Å². The molecule has 2 amide bonds. The molecule has 4 nitrogen and oxygen atoms in total. The Hall–Kier alpha value is -2.33. The first-order chi connectivity index (χ1) is 10.1. The third-order valence-corrected chi connectivity index (χ3v) is 3.52. The number of nitrogens with one attached hydrogen (secondary N) is 2. The number of para-hydroxylation sites is 1. The van der Waals surface area contributed by atoms with Crippen molar-refractivity contribution < 1.29 is 4.79 Å². The second kappa shape index (κ2) is 6.90. The van der Waals surface area contributed by atoms with Gasteiger partial charge in [0.25, 0.3) is 0 Å². The lowest BCUT2D eigenvalue weighted by atomic mass is 10.1. The molecule has 110 valence electrons. The van der Waals surface area contributed by atoms with Crippen LogP contribution in [0.25, 0.3) is 0 Å². The van der Waals surface area contributed by atoms with Crippen molar-refractivity contribution in [3.8, 4) is 0 Å². The minimum Gasteiger partial charge on any atom is -0.313 e. The summed E-state index contributed by atoms with van der Waals surface area (Å²) in [5.74, 6) is 0. The molecule has 2 N–H and O–H groups in total. The van der Waals surface area contributed by atoms with Gasteiger partial charge in [-0.05, 0) is 43.8 Å². The van der Waals surface area contributed by atoms with Crippen LogP contribution in [0, 0.1) is 0 Å². The van der Waals surface area contributed by atoms with Crippen LogP contribution in [0.4, 0.5) is 16.2 Å². The van der Waals surface area contributed by atoms with Gasteiger partial charge >= 0.3 is 6.03 Å². The highest BCUT2D eigenvalue weighted by Crippen LogP contribution is 2.18. The van der Waals surface area contributed by atoms with Gasteiger partial charge in [0, 0.05) is 24.5 Å². The van der Waals surface area contributed by atoms with Crippen molar-refractivity contribution in [2.75, 3.05) is 24.3 Å². The summed E-state index contributed by atoms with van der Waals surface area (Å²) in [5.41, 5.74) is 2.79. The molecular formula is C17H21N3O. The maximum atomic E-state index is 12.3. The molecule has 0 aliphatic rings. The number of carbonyl (C=O) groups excluding carboxylic acids is 1. The molecule has 0 radical (unpaired) electrons. The standard InChI is InChI=1S/C17H21N3O/c1-13(18-2)14-8-7-9-15(12-14)19-17(21)20(3)16-10-5-4-6-11-16/h4-13,18H,1-3H3,(H,19,21). The molecule has 21 heavy (non-hydrogen) atoms. The Morgan fingerprint density at radius 3 is 2.48 bits per heavy atom. The van der Waals surface area contributed by atoms with Gasteiger partial charge in [-0.15, -0.1) is 0 Å². The molecule has 1 unspecified atom stereocenters. The SMILES string of the molecule is CNC(C)c1cccc(NC(=O)N(C)c2ccccc2)c1. The van der Waals surface area contributed by atoms with Crippen LogP contribution in [0.15, 0.2) is 54.6 Å². The van der Waals surface area contributed by atoms with E-state index in [4.69, 9.17) is 0 Å². The zero-order chi connectivity index (χ0) is 15.2. The molecule has 0 fully saturated rings. The molecule has 2 rings (SSSR count). The Balaban J connectivity index is 2.09. The number of benzene rings is 2. The number of amides is 2. The number of anilines is 2. The summed E-state index contributed by atoms with van der Waals surface area (Å²) in [7, 11) is 3.67. The Bertz CT molecular complexity index is 598. The van der Waals surface area contributed by atoms with Gasteiger partial charge in [0.05, 0.1) is 0 Å². The molecule has 0 spiro atoms. The zero-order valence-corrected chi connectivity index (χ0v) is 12.6. The number of rotatable bonds is 4. The molecule has 0 saturated heterocycles. The number of hydrogen-bond acceptors (Lipinski definition) is 2. The normalized spacial score (nSPS) is 11.8. The van der Waals surface area contributed by atoms with E-state index in [1.54, 1.807) is 11.9 Å². The molecule has 2 aromatic carbocycles. The summed E-state index contributed by atoms with van der Waals surface area (Å²) in [6, 6.07) is 17.5. The third-order valence-electron chi connectivity index (χ3n) is 3.52. The average molecular weight is 283 g/mol. The first-order valence-electron chi connectivity index (χ1n) is 6.99. The monoisotopic (exact) mass is 283 g/mol. The number of urea groups is 1. The van der Waals surface area contributed by atoms with E-state index in [9.17, 15) is 4.79 Å². The van der Waals surface area contributed by atoms with E-state index < -0.39 is 0 Å². The predicted octanol–water partition coefficient (Wildman–Crippen LogP) is 3.64. The fourth-order valence-electron chi connectivity index (χ4n) is 2.03.